The van der Waals surface area contributed by atoms with Crippen molar-refractivity contribution in [1.82, 2.24) is 10.6 Å². The minimum atomic E-state index is -4.73. The molecule has 1 aromatic rings. The van der Waals surface area contributed by atoms with Crippen LogP contribution in [0, 0.1) is 5.82 Å². The van der Waals surface area contributed by atoms with E-state index in [1.54, 1.807) is 12.2 Å². The van der Waals surface area contributed by atoms with Gasteiger partial charge in [-0.3, -0.25) is 14.4 Å². The molecule has 0 aliphatic carbocycles. The standard InChI is InChI=1S/C13H13F4N3O3/c1-2-18-10(21)6-19-11(22)12(23)20-9-5-7(13(15,16)17)3-4-8(9)14/h3-5H,2,6H2,1H3,(H,18,21)(H,19,22)(H,20,23). The van der Waals surface area contributed by atoms with Crippen LogP contribution in [0.3, 0.4) is 0 Å². The fourth-order valence-electron chi connectivity index (χ4n) is 1.48. The lowest BCUT2D eigenvalue weighted by atomic mass is 10.2. The Hall–Kier alpha value is -2.65. The number of hydrogen-bond acceptors (Lipinski definition) is 3. The fourth-order valence-corrected chi connectivity index (χ4v) is 1.48. The van der Waals surface area contributed by atoms with Crippen molar-refractivity contribution in [3.63, 3.8) is 0 Å². The lowest BCUT2D eigenvalue weighted by Gasteiger charge is -2.11. The number of rotatable bonds is 4. The summed E-state index contributed by atoms with van der Waals surface area (Å²) in [5.74, 6) is -4.37. The highest BCUT2D eigenvalue weighted by Crippen LogP contribution is 2.31. The number of hydrogen-bond donors (Lipinski definition) is 3. The first kappa shape index (κ1) is 18.4. The minimum Gasteiger partial charge on any atom is -0.355 e. The van der Waals surface area contributed by atoms with E-state index < -0.39 is 47.5 Å². The van der Waals surface area contributed by atoms with Crippen LogP contribution in [-0.4, -0.2) is 30.8 Å². The van der Waals surface area contributed by atoms with E-state index in [2.05, 4.69) is 5.32 Å². The third kappa shape index (κ3) is 5.57. The van der Waals surface area contributed by atoms with E-state index in [1.165, 1.54) is 0 Å². The highest BCUT2D eigenvalue weighted by Gasteiger charge is 2.31. The van der Waals surface area contributed by atoms with Crippen molar-refractivity contribution in [3.05, 3.63) is 29.6 Å². The molecule has 0 spiro atoms. The molecule has 1 aromatic carbocycles. The van der Waals surface area contributed by atoms with Gasteiger partial charge in [-0.25, -0.2) is 4.39 Å². The van der Waals surface area contributed by atoms with Crippen LogP contribution in [0.2, 0.25) is 0 Å². The number of likely N-dealkylation sites (N-methyl/N-ethyl adjacent to an activating group) is 1. The Bertz CT molecular complexity index is 617. The second-order valence-corrected chi connectivity index (χ2v) is 4.28. The van der Waals surface area contributed by atoms with Crippen molar-refractivity contribution in [2.45, 2.75) is 13.1 Å². The van der Waals surface area contributed by atoms with Gasteiger partial charge in [0, 0.05) is 6.54 Å². The van der Waals surface area contributed by atoms with Crippen LogP contribution in [0.15, 0.2) is 18.2 Å². The number of alkyl halides is 3. The maximum absolute atomic E-state index is 13.4. The van der Waals surface area contributed by atoms with Crippen LogP contribution >= 0.6 is 0 Å². The van der Waals surface area contributed by atoms with Gasteiger partial charge in [0.1, 0.15) is 5.82 Å². The normalized spacial score (nSPS) is 10.8. The summed E-state index contributed by atoms with van der Waals surface area (Å²) < 4.78 is 51.0. The van der Waals surface area contributed by atoms with Gasteiger partial charge in [0.25, 0.3) is 0 Å². The number of carbonyl (C=O) groups is 3. The van der Waals surface area contributed by atoms with Crippen LogP contribution in [0.1, 0.15) is 12.5 Å². The van der Waals surface area contributed by atoms with Crippen LogP contribution < -0.4 is 16.0 Å². The average molecular weight is 335 g/mol. The molecule has 23 heavy (non-hydrogen) atoms. The highest BCUT2D eigenvalue weighted by molar-refractivity contribution is 6.39. The van der Waals surface area contributed by atoms with Gasteiger partial charge >= 0.3 is 18.0 Å². The minimum absolute atomic E-state index is 0.316. The lowest BCUT2D eigenvalue weighted by Crippen LogP contribution is -2.41. The molecule has 126 valence electrons. The zero-order valence-corrected chi connectivity index (χ0v) is 11.9. The summed E-state index contributed by atoms with van der Waals surface area (Å²) in [6.07, 6.45) is -4.73. The third-order valence-electron chi connectivity index (χ3n) is 2.53. The summed E-state index contributed by atoms with van der Waals surface area (Å²) in [7, 11) is 0. The number of anilines is 1. The van der Waals surface area contributed by atoms with E-state index in [-0.39, 0.29) is 0 Å². The summed E-state index contributed by atoms with van der Waals surface area (Å²) in [6.45, 7) is 1.46. The van der Waals surface area contributed by atoms with E-state index >= 15 is 0 Å². The summed E-state index contributed by atoms with van der Waals surface area (Å²) in [5.41, 5.74) is -1.98. The van der Waals surface area contributed by atoms with Crippen molar-refractivity contribution >= 4 is 23.4 Å². The molecule has 6 nitrogen and oxygen atoms in total. The predicted octanol–water partition coefficient (Wildman–Crippen LogP) is 1.04. The zero-order valence-electron chi connectivity index (χ0n) is 11.9. The molecule has 0 aromatic heterocycles. The molecule has 3 N–H and O–H groups in total. The summed E-state index contributed by atoms with van der Waals surface area (Å²) in [4.78, 5) is 34.0. The SMILES string of the molecule is CCNC(=O)CNC(=O)C(=O)Nc1cc(C(F)(F)F)ccc1F. The first-order valence-corrected chi connectivity index (χ1v) is 6.37. The number of halogens is 4. The fraction of sp³-hybridized carbons (Fsp3) is 0.308. The third-order valence-corrected chi connectivity index (χ3v) is 2.53. The van der Waals surface area contributed by atoms with Gasteiger partial charge in [-0.2, -0.15) is 13.2 Å². The van der Waals surface area contributed by atoms with E-state index in [0.717, 1.165) is 0 Å². The van der Waals surface area contributed by atoms with Gasteiger partial charge in [0.05, 0.1) is 17.8 Å². The topological polar surface area (TPSA) is 87.3 Å². The molecule has 0 saturated carbocycles. The Morgan fingerprint density at radius 2 is 1.74 bits per heavy atom. The highest BCUT2D eigenvalue weighted by atomic mass is 19.4. The Morgan fingerprint density at radius 3 is 2.30 bits per heavy atom. The maximum atomic E-state index is 13.4. The van der Waals surface area contributed by atoms with Gasteiger partial charge in [-0.15, -0.1) is 0 Å². The van der Waals surface area contributed by atoms with E-state index in [9.17, 15) is 31.9 Å². The van der Waals surface area contributed by atoms with E-state index in [0.29, 0.717) is 24.7 Å². The Labute approximate surface area is 128 Å². The molecule has 1 rings (SSSR count). The van der Waals surface area contributed by atoms with Crippen LogP contribution in [0.4, 0.5) is 23.2 Å². The van der Waals surface area contributed by atoms with Crippen molar-refractivity contribution < 1.29 is 31.9 Å². The molecule has 0 heterocycles. The molecule has 0 bridgehead atoms. The molecular formula is C13H13F4N3O3. The quantitative estimate of drug-likeness (QED) is 0.567. The van der Waals surface area contributed by atoms with Gasteiger partial charge in [0.15, 0.2) is 0 Å². The molecule has 0 saturated heterocycles. The van der Waals surface area contributed by atoms with Crippen molar-refractivity contribution in [2.24, 2.45) is 0 Å². The Morgan fingerprint density at radius 1 is 1.09 bits per heavy atom. The van der Waals surface area contributed by atoms with Crippen molar-refractivity contribution in [1.29, 1.82) is 0 Å². The number of carbonyl (C=O) groups excluding carboxylic acids is 3. The van der Waals surface area contributed by atoms with Gasteiger partial charge < -0.3 is 16.0 Å². The average Bonchev–Trinajstić information content (AvgIpc) is 2.46. The summed E-state index contributed by atoms with van der Waals surface area (Å²) in [6, 6.07) is 1.38. The Balaban J connectivity index is 2.73. The first-order valence-electron chi connectivity index (χ1n) is 6.37. The van der Waals surface area contributed by atoms with Gasteiger partial charge in [0.2, 0.25) is 5.91 Å². The molecule has 0 unspecified atom stereocenters. The van der Waals surface area contributed by atoms with Crippen LogP contribution in [0.5, 0.6) is 0 Å². The molecular weight excluding hydrogens is 322 g/mol. The smallest absolute Gasteiger partial charge is 0.355 e. The second kappa shape index (κ2) is 7.56. The molecule has 10 heteroatoms. The molecule has 0 radical (unpaired) electrons. The summed E-state index contributed by atoms with van der Waals surface area (Å²) in [5, 5.41) is 6.02. The van der Waals surface area contributed by atoms with Crippen molar-refractivity contribution in [2.75, 3.05) is 18.4 Å². The number of amides is 3. The number of nitrogens with one attached hydrogen (secondary N) is 3. The molecule has 3 amide bonds. The first-order chi connectivity index (χ1) is 10.6. The largest absolute Gasteiger partial charge is 0.416 e. The van der Waals surface area contributed by atoms with Gasteiger partial charge in [-0.1, -0.05) is 0 Å². The van der Waals surface area contributed by atoms with Crippen molar-refractivity contribution in [3.8, 4) is 0 Å². The van der Waals surface area contributed by atoms with Crippen LogP contribution in [-0.2, 0) is 20.6 Å². The van der Waals surface area contributed by atoms with Crippen LogP contribution in [0.25, 0.3) is 0 Å². The molecule has 0 fully saturated rings. The van der Waals surface area contributed by atoms with E-state index in [4.69, 9.17) is 0 Å². The van der Waals surface area contributed by atoms with Gasteiger partial charge in [-0.05, 0) is 25.1 Å². The zero-order chi connectivity index (χ0) is 17.6. The maximum Gasteiger partial charge on any atom is 0.416 e. The molecule has 0 aliphatic rings. The summed E-state index contributed by atoms with van der Waals surface area (Å²) >= 11 is 0. The second-order valence-electron chi connectivity index (χ2n) is 4.28. The lowest BCUT2D eigenvalue weighted by molar-refractivity contribution is -0.137. The Kier molecular flexibility index (Phi) is 6.05. The van der Waals surface area contributed by atoms with E-state index in [1.807, 2.05) is 5.32 Å². The molecule has 0 aliphatic heterocycles. The number of benzene rings is 1. The predicted molar refractivity (Wildman–Crippen MR) is 71.7 cm³/mol. The monoisotopic (exact) mass is 335 g/mol. The molecule has 0 atom stereocenters.